The highest BCUT2D eigenvalue weighted by Gasteiger charge is 2.19. The lowest BCUT2D eigenvalue weighted by atomic mass is 10.1. The zero-order valence-electron chi connectivity index (χ0n) is 17.5. The summed E-state index contributed by atoms with van der Waals surface area (Å²) in [7, 11) is 3.33. The zero-order chi connectivity index (χ0) is 21.7. The van der Waals surface area contributed by atoms with Gasteiger partial charge in [-0.3, -0.25) is 9.59 Å². The van der Waals surface area contributed by atoms with Crippen LogP contribution in [0.2, 0.25) is 0 Å². The van der Waals surface area contributed by atoms with Crippen molar-refractivity contribution >= 4 is 11.8 Å². The number of benzene rings is 2. The molecule has 0 aliphatic carbocycles. The lowest BCUT2D eigenvalue weighted by Crippen LogP contribution is -2.28. The van der Waals surface area contributed by atoms with Gasteiger partial charge in [0.2, 0.25) is 0 Å². The molecule has 1 aromatic heterocycles. The van der Waals surface area contributed by atoms with E-state index in [1.165, 1.54) is 4.90 Å². The molecule has 154 valence electrons. The predicted octanol–water partition coefficient (Wildman–Crippen LogP) is 4.38. The molecule has 0 fully saturated rings. The van der Waals surface area contributed by atoms with E-state index in [0.717, 1.165) is 11.3 Å². The summed E-state index contributed by atoms with van der Waals surface area (Å²) >= 11 is 0. The summed E-state index contributed by atoms with van der Waals surface area (Å²) in [5, 5.41) is 3.00. The summed E-state index contributed by atoms with van der Waals surface area (Å²) < 4.78 is 6.00. The Morgan fingerprint density at radius 2 is 1.63 bits per heavy atom. The second kappa shape index (κ2) is 9.22. The molecule has 2 amide bonds. The number of hydrogen-bond acceptors (Lipinski definition) is 4. The molecule has 1 N–H and O–H groups in total. The fourth-order valence-electron chi connectivity index (χ4n) is 3.05. The van der Waals surface area contributed by atoms with Gasteiger partial charge in [0.1, 0.15) is 17.2 Å². The highest BCUT2D eigenvalue weighted by atomic mass is 16.5. The average Bonchev–Trinajstić information content (AvgIpc) is 2.74. The van der Waals surface area contributed by atoms with Crippen LogP contribution in [-0.4, -0.2) is 35.8 Å². The van der Waals surface area contributed by atoms with Crippen molar-refractivity contribution in [1.29, 1.82) is 0 Å². The van der Waals surface area contributed by atoms with Crippen LogP contribution in [-0.2, 0) is 0 Å². The predicted molar refractivity (Wildman–Crippen MR) is 116 cm³/mol. The molecule has 6 nitrogen and oxygen atoms in total. The van der Waals surface area contributed by atoms with E-state index in [0.29, 0.717) is 22.7 Å². The fraction of sp³-hybridized carbons (Fsp3) is 0.208. The molecule has 0 spiro atoms. The van der Waals surface area contributed by atoms with Crippen molar-refractivity contribution in [2.24, 2.45) is 0 Å². The SMILES string of the molecule is Cc1nc(C(=O)N(C)C)ccc1C(=O)NC(C)c1ccccc1Oc1ccccc1. The van der Waals surface area contributed by atoms with Gasteiger partial charge in [0.15, 0.2) is 0 Å². The van der Waals surface area contributed by atoms with Crippen LogP contribution in [0.4, 0.5) is 0 Å². The first-order chi connectivity index (χ1) is 14.4. The van der Waals surface area contributed by atoms with Crippen LogP contribution in [0.1, 0.15) is 45.1 Å². The molecule has 0 bridgehead atoms. The third-order valence-electron chi connectivity index (χ3n) is 4.66. The molecule has 3 aromatic rings. The summed E-state index contributed by atoms with van der Waals surface area (Å²) in [6.07, 6.45) is 0. The molecule has 1 atom stereocenters. The number of amides is 2. The van der Waals surface area contributed by atoms with Gasteiger partial charge in [-0.05, 0) is 44.2 Å². The molecule has 6 heteroatoms. The van der Waals surface area contributed by atoms with Gasteiger partial charge in [-0.1, -0.05) is 36.4 Å². The van der Waals surface area contributed by atoms with Gasteiger partial charge in [0, 0.05) is 19.7 Å². The summed E-state index contributed by atoms with van der Waals surface area (Å²) in [6.45, 7) is 3.62. The summed E-state index contributed by atoms with van der Waals surface area (Å²) in [6, 6.07) is 20.0. The molecule has 1 unspecified atom stereocenters. The summed E-state index contributed by atoms with van der Waals surface area (Å²) in [5.41, 5.74) is 2.10. The summed E-state index contributed by atoms with van der Waals surface area (Å²) in [4.78, 5) is 30.7. The Balaban J connectivity index is 1.77. The lowest BCUT2D eigenvalue weighted by Gasteiger charge is -2.19. The molecule has 0 radical (unpaired) electrons. The minimum atomic E-state index is -0.292. The molecule has 0 aliphatic rings. The van der Waals surface area contributed by atoms with E-state index in [-0.39, 0.29) is 17.9 Å². The Hall–Kier alpha value is -3.67. The van der Waals surface area contributed by atoms with Crippen LogP contribution in [0.15, 0.2) is 66.7 Å². The average molecular weight is 403 g/mol. The van der Waals surface area contributed by atoms with Gasteiger partial charge < -0.3 is 15.0 Å². The van der Waals surface area contributed by atoms with Crippen molar-refractivity contribution < 1.29 is 14.3 Å². The van der Waals surface area contributed by atoms with Crippen LogP contribution in [0.3, 0.4) is 0 Å². The third-order valence-corrected chi connectivity index (χ3v) is 4.66. The monoisotopic (exact) mass is 403 g/mol. The smallest absolute Gasteiger partial charge is 0.271 e. The number of hydrogen-bond donors (Lipinski definition) is 1. The van der Waals surface area contributed by atoms with Crippen molar-refractivity contribution in [3.8, 4) is 11.5 Å². The van der Waals surface area contributed by atoms with Gasteiger partial charge in [-0.2, -0.15) is 0 Å². The van der Waals surface area contributed by atoms with Crippen LogP contribution in [0, 0.1) is 6.92 Å². The van der Waals surface area contributed by atoms with E-state index in [1.54, 1.807) is 33.2 Å². The third kappa shape index (κ3) is 4.84. The number of para-hydroxylation sites is 2. The first-order valence-corrected chi connectivity index (χ1v) is 9.69. The second-order valence-corrected chi connectivity index (χ2v) is 7.18. The maximum absolute atomic E-state index is 12.8. The first kappa shape index (κ1) is 21.0. The minimum Gasteiger partial charge on any atom is -0.457 e. The van der Waals surface area contributed by atoms with Crippen molar-refractivity contribution in [2.75, 3.05) is 14.1 Å². The van der Waals surface area contributed by atoms with Crippen LogP contribution in [0.5, 0.6) is 11.5 Å². The minimum absolute atomic E-state index is 0.203. The number of aromatic nitrogens is 1. The Kier molecular flexibility index (Phi) is 6.47. The quantitative estimate of drug-likeness (QED) is 0.663. The number of pyridine rings is 1. The number of carbonyl (C=O) groups excluding carboxylic acids is 2. The molecule has 0 saturated heterocycles. The highest BCUT2D eigenvalue weighted by Crippen LogP contribution is 2.29. The van der Waals surface area contributed by atoms with Crippen molar-refractivity contribution in [3.63, 3.8) is 0 Å². The number of nitrogens with zero attached hydrogens (tertiary/aromatic N) is 2. The Bertz CT molecular complexity index is 1050. The van der Waals surface area contributed by atoms with Gasteiger partial charge in [-0.25, -0.2) is 4.98 Å². The van der Waals surface area contributed by atoms with Gasteiger partial charge in [-0.15, -0.1) is 0 Å². The number of nitrogens with one attached hydrogen (secondary N) is 1. The van der Waals surface area contributed by atoms with E-state index in [9.17, 15) is 9.59 Å². The van der Waals surface area contributed by atoms with Gasteiger partial charge >= 0.3 is 0 Å². The maximum Gasteiger partial charge on any atom is 0.271 e. The van der Waals surface area contributed by atoms with E-state index in [2.05, 4.69) is 10.3 Å². The topological polar surface area (TPSA) is 71.5 Å². The van der Waals surface area contributed by atoms with Crippen molar-refractivity contribution in [2.45, 2.75) is 19.9 Å². The van der Waals surface area contributed by atoms with Gasteiger partial charge in [0.25, 0.3) is 11.8 Å². The van der Waals surface area contributed by atoms with Crippen LogP contribution < -0.4 is 10.1 Å². The summed E-state index contributed by atoms with van der Waals surface area (Å²) in [5.74, 6) is 0.944. The number of rotatable bonds is 6. The molecule has 2 aromatic carbocycles. The van der Waals surface area contributed by atoms with Crippen molar-refractivity contribution in [3.05, 3.63) is 89.2 Å². The Labute approximate surface area is 176 Å². The zero-order valence-corrected chi connectivity index (χ0v) is 17.5. The van der Waals surface area contributed by atoms with Crippen LogP contribution >= 0.6 is 0 Å². The van der Waals surface area contributed by atoms with E-state index in [1.807, 2.05) is 61.5 Å². The van der Waals surface area contributed by atoms with E-state index in [4.69, 9.17) is 4.74 Å². The Morgan fingerprint density at radius 3 is 2.30 bits per heavy atom. The fourth-order valence-corrected chi connectivity index (χ4v) is 3.05. The van der Waals surface area contributed by atoms with Crippen molar-refractivity contribution in [1.82, 2.24) is 15.2 Å². The Morgan fingerprint density at radius 1 is 0.967 bits per heavy atom. The molecular weight excluding hydrogens is 378 g/mol. The number of carbonyl (C=O) groups is 2. The van der Waals surface area contributed by atoms with Crippen LogP contribution in [0.25, 0.3) is 0 Å². The molecule has 3 rings (SSSR count). The largest absolute Gasteiger partial charge is 0.457 e. The molecule has 0 aliphatic heterocycles. The highest BCUT2D eigenvalue weighted by molar-refractivity contribution is 5.97. The first-order valence-electron chi connectivity index (χ1n) is 9.69. The standard InChI is InChI=1S/C24H25N3O3/c1-16(19-12-8-9-13-22(19)30-18-10-6-5-7-11-18)26-23(28)20-14-15-21(25-17(20)2)24(29)27(3)4/h5-16H,1-4H3,(H,26,28). The van der Waals surface area contributed by atoms with Gasteiger partial charge in [0.05, 0.1) is 17.3 Å². The van der Waals surface area contributed by atoms with E-state index >= 15 is 0 Å². The number of ether oxygens (including phenoxy) is 1. The molecule has 30 heavy (non-hydrogen) atoms. The lowest BCUT2D eigenvalue weighted by molar-refractivity contribution is 0.0820. The number of aryl methyl sites for hydroxylation is 1. The molecular formula is C24H25N3O3. The second-order valence-electron chi connectivity index (χ2n) is 7.18. The normalized spacial score (nSPS) is 11.5. The molecule has 1 heterocycles. The maximum atomic E-state index is 12.8. The van der Waals surface area contributed by atoms with E-state index < -0.39 is 0 Å². The molecule has 0 saturated carbocycles.